The van der Waals surface area contributed by atoms with Gasteiger partial charge < -0.3 is 5.32 Å². The summed E-state index contributed by atoms with van der Waals surface area (Å²) < 4.78 is 17.2. The number of aryl methyl sites for hydroxylation is 2. The van der Waals surface area contributed by atoms with E-state index in [0.717, 1.165) is 5.69 Å². The Bertz CT molecular complexity index is 1500. The lowest BCUT2D eigenvalue weighted by Crippen LogP contribution is -2.21. The summed E-state index contributed by atoms with van der Waals surface area (Å²) in [6.07, 6.45) is 1.56. The minimum Gasteiger partial charge on any atom is -0.338 e. The highest BCUT2D eigenvalue weighted by atomic mass is 32.2. The van der Waals surface area contributed by atoms with Gasteiger partial charge in [-0.25, -0.2) is 14.4 Å². The molecule has 32 heavy (non-hydrogen) atoms. The van der Waals surface area contributed by atoms with E-state index in [-0.39, 0.29) is 11.4 Å². The van der Waals surface area contributed by atoms with Crippen LogP contribution < -0.4 is 10.9 Å². The Balaban J connectivity index is 1.36. The fraction of sp³-hybridized carbons (Fsp3) is 0.136. The maximum Gasteiger partial charge on any atom is 0.261 e. The van der Waals surface area contributed by atoms with Gasteiger partial charge in [0.15, 0.2) is 0 Å². The van der Waals surface area contributed by atoms with Crippen molar-refractivity contribution in [3.63, 3.8) is 0 Å². The molecule has 0 aliphatic heterocycles. The van der Waals surface area contributed by atoms with Gasteiger partial charge in [0.2, 0.25) is 5.16 Å². The van der Waals surface area contributed by atoms with Crippen LogP contribution in [-0.4, -0.2) is 34.9 Å². The van der Waals surface area contributed by atoms with Crippen LogP contribution >= 0.6 is 11.8 Å². The van der Waals surface area contributed by atoms with Gasteiger partial charge in [0, 0.05) is 24.1 Å². The molecule has 2 aromatic carbocycles. The summed E-state index contributed by atoms with van der Waals surface area (Å²) in [5.41, 5.74) is 1.67. The molecule has 0 radical (unpaired) electrons. The highest BCUT2D eigenvalue weighted by molar-refractivity contribution is 7.99. The topological polar surface area (TPSA) is 90.0 Å². The predicted octanol–water partition coefficient (Wildman–Crippen LogP) is 3.82. The number of aromatic nitrogens is 6. The molecule has 3 aromatic heterocycles. The van der Waals surface area contributed by atoms with E-state index in [1.807, 2.05) is 25.1 Å². The molecule has 8 nitrogen and oxygen atoms in total. The van der Waals surface area contributed by atoms with Crippen LogP contribution in [0.2, 0.25) is 0 Å². The quantitative estimate of drug-likeness (QED) is 0.396. The number of fused-ring (bicyclic) bond motifs is 2. The molecule has 0 saturated heterocycles. The normalized spacial score (nSPS) is 11.3. The Labute approximate surface area is 186 Å². The number of thioether (sulfide) groups is 1. The van der Waals surface area contributed by atoms with E-state index in [4.69, 9.17) is 0 Å². The van der Waals surface area contributed by atoms with Gasteiger partial charge in [-0.05, 0) is 31.2 Å². The minimum absolute atomic E-state index is 0.0761. The highest BCUT2D eigenvalue weighted by Crippen LogP contribution is 2.22. The standard InChI is InChI=1S/C22H18FN7OS/c1-14-12-19(26-18-9-5-3-7-16(18)23)30-21(25-14)27-22(28-30)32-11-10-29-13-24-17-8-4-2-6-15(17)20(29)31/h2-9,12-13,26H,10-11H2,1H3. The fourth-order valence-electron chi connectivity index (χ4n) is 3.32. The molecule has 0 bridgehead atoms. The van der Waals surface area contributed by atoms with Crippen molar-refractivity contribution in [3.8, 4) is 0 Å². The van der Waals surface area contributed by atoms with Crippen molar-refractivity contribution in [1.82, 2.24) is 29.1 Å². The van der Waals surface area contributed by atoms with Gasteiger partial charge in [-0.1, -0.05) is 36.0 Å². The summed E-state index contributed by atoms with van der Waals surface area (Å²) in [6, 6.07) is 15.5. The first-order valence-electron chi connectivity index (χ1n) is 9.91. The van der Waals surface area contributed by atoms with Gasteiger partial charge in [-0.15, -0.1) is 5.10 Å². The molecular formula is C22H18FN7OS. The first-order valence-corrected chi connectivity index (χ1v) is 10.9. The average Bonchev–Trinajstić information content (AvgIpc) is 3.20. The summed E-state index contributed by atoms with van der Waals surface area (Å²) in [7, 11) is 0. The molecule has 5 rings (SSSR count). The Morgan fingerprint density at radius 1 is 1.09 bits per heavy atom. The third-order valence-corrected chi connectivity index (χ3v) is 5.67. The van der Waals surface area contributed by atoms with E-state index in [1.54, 1.807) is 45.7 Å². The summed E-state index contributed by atoms with van der Waals surface area (Å²) in [5, 5.41) is 8.67. The number of nitrogens with one attached hydrogen (secondary N) is 1. The highest BCUT2D eigenvalue weighted by Gasteiger charge is 2.12. The van der Waals surface area contributed by atoms with Crippen LogP contribution in [0.3, 0.4) is 0 Å². The number of para-hydroxylation sites is 2. The van der Waals surface area contributed by atoms with Crippen LogP contribution in [0.4, 0.5) is 15.9 Å². The van der Waals surface area contributed by atoms with Crippen LogP contribution in [0, 0.1) is 12.7 Å². The SMILES string of the molecule is Cc1cc(Nc2ccccc2F)n2nc(SCCn3cnc4ccccc4c3=O)nc2n1. The number of hydrogen-bond donors (Lipinski definition) is 1. The number of anilines is 2. The molecule has 160 valence electrons. The van der Waals surface area contributed by atoms with Gasteiger partial charge in [0.1, 0.15) is 11.6 Å². The van der Waals surface area contributed by atoms with Crippen molar-refractivity contribution in [3.05, 3.63) is 82.8 Å². The number of nitrogens with zero attached hydrogens (tertiary/aromatic N) is 6. The molecule has 10 heteroatoms. The van der Waals surface area contributed by atoms with Crippen molar-refractivity contribution < 1.29 is 4.39 Å². The number of hydrogen-bond acceptors (Lipinski definition) is 7. The maximum absolute atomic E-state index is 14.1. The number of halogens is 1. The second-order valence-corrected chi connectivity index (χ2v) is 8.16. The first kappa shape index (κ1) is 20.1. The van der Waals surface area contributed by atoms with Crippen LogP contribution in [0.5, 0.6) is 0 Å². The summed E-state index contributed by atoms with van der Waals surface area (Å²) >= 11 is 1.41. The monoisotopic (exact) mass is 447 g/mol. The smallest absolute Gasteiger partial charge is 0.261 e. The average molecular weight is 447 g/mol. The molecule has 0 unspecified atom stereocenters. The summed E-state index contributed by atoms with van der Waals surface area (Å²) in [4.78, 5) is 25.8. The zero-order chi connectivity index (χ0) is 22.1. The van der Waals surface area contributed by atoms with E-state index in [9.17, 15) is 9.18 Å². The second kappa shape index (κ2) is 8.39. The Morgan fingerprint density at radius 3 is 2.78 bits per heavy atom. The van der Waals surface area contributed by atoms with E-state index in [0.29, 0.717) is 45.6 Å². The molecule has 0 saturated carbocycles. The summed E-state index contributed by atoms with van der Waals surface area (Å²) in [6.45, 7) is 2.30. The van der Waals surface area contributed by atoms with Gasteiger partial charge in [-0.2, -0.15) is 9.50 Å². The third kappa shape index (κ3) is 3.92. The molecule has 0 aliphatic carbocycles. The Morgan fingerprint density at radius 2 is 1.91 bits per heavy atom. The van der Waals surface area contributed by atoms with Gasteiger partial charge in [-0.3, -0.25) is 9.36 Å². The van der Waals surface area contributed by atoms with Crippen molar-refractivity contribution in [1.29, 1.82) is 0 Å². The van der Waals surface area contributed by atoms with Crippen LogP contribution in [0.15, 0.2) is 70.9 Å². The number of benzene rings is 2. The number of rotatable bonds is 6. The molecule has 0 fully saturated rings. The lowest BCUT2D eigenvalue weighted by atomic mass is 10.2. The van der Waals surface area contributed by atoms with E-state index in [2.05, 4.69) is 25.4 Å². The van der Waals surface area contributed by atoms with Crippen molar-refractivity contribution in [2.45, 2.75) is 18.6 Å². The Hall–Kier alpha value is -3.79. The first-order chi connectivity index (χ1) is 15.6. The molecule has 5 aromatic rings. The Kier molecular flexibility index (Phi) is 5.28. The largest absolute Gasteiger partial charge is 0.338 e. The van der Waals surface area contributed by atoms with E-state index in [1.165, 1.54) is 17.8 Å². The van der Waals surface area contributed by atoms with Crippen LogP contribution in [0.25, 0.3) is 16.7 Å². The van der Waals surface area contributed by atoms with Crippen LogP contribution in [0.1, 0.15) is 5.69 Å². The van der Waals surface area contributed by atoms with Crippen molar-refractivity contribution >= 4 is 39.9 Å². The van der Waals surface area contributed by atoms with Crippen LogP contribution in [-0.2, 0) is 6.54 Å². The molecular weight excluding hydrogens is 429 g/mol. The molecule has 1 N–H and O–H groups in total. The second-order valence-electron chi connectivity index (χ2n) is 7.10. The van der Waals surface area contributed by atoms with Gasteiger partial charge in [0.25, 0.3) is 11.3 Å². The molecule has 0 amide bonds. The lowest BCUT2D eigenvalue weighted by molar-refractivity contribution is 0.631. The van der Waals surface area contributed by atoms with Crippen molar-refractivity contribution in [2.24, 2.45) is 0 Å². The zero-order valence-electron chi connectivity index (χ0n) is 17.1. The molecule has 0 atom stereocenters. The van der Waals surface area contributed by atoms with Crippen molar-refractivity contribution in [2.75, 3.05) is 11.1 Å². The maximum atomic E-state index is 14.1. The lowest BCUT2D eigenvalue weighted by Gasteiger charge is -2.09. The predicted molar refractivity (Wildman–Crippen MR) is 122 cm³/mol. The fourth-order valence-corrected chi connectivity index (χ4v) is 4.08. The zero-order valence-corrected chi connectivity index (χ0v) is 17.9. The minimum atomic E-state index is -0.362. The van der Waals surface area contributed by atoms with E-state index < -0.39 is 0 Å². The third-order valence-electron chi connectivity index (χ3n) is 4.85. The molecule has 0 spiro atoms. The molecule has 0 aliphatic rings. The molecule has 3 heterocycles. The van der Waals surface area contributed by atoms with Gasteiger partial charge in [0.05, 0.1) is 22.9 Å². The van der Waals surface area contributed by atoms with E-state index >= 15 is 0 Å². The van der Waals surface area contributed by atoms with Gasteiger partial charge >= 0.3 is 0 Å². The summed E-state index contributed by atoms with van der Waals surface area (Å²) in [5.74, 6) is 1.19.